The number of anilines is 1. The SMILES string of the molecule is COC(=O)c1cc(-c2cc(C(F)(F)F)ccc2NC(=O)C2=C(O)[C@@]3(C)CCCN3N(Cc3cccc(F)c3F)C2=O)nc(Cl)n1. The summed E-state index contributed by atoms with van der Waals surface area (Å²) in [7, 11) is 1.05. The van der Waals surface area contributed by atoms with Gasteiger partial charge in [-0.3, -0.25) is 14.6 Å². The standard InChI is InChI=1S/C29H23ClF5N5O5/c1-28-9-4-10-40(28)39(13-14-5-3-6-17(31)22(14)32)25(43)21(23(28)41)24(42)36-18-8-7-15(29(33,34)35)11-16(18)19-12-20(26(44)45-2)38-27(30)37-19/h3,5-8,11-12,41H,4,9-10,13H2,1-2H3,(H,36,42)/t28-/m1/s1. The Morgan fingerprint density at radius 3 is 2.58 bits per heavy atom. The van der Waals surface area contributed by atoms with E-state index in [4.69, 9.17) is 11.6 Å². The van der Waals surface area contributed by atoms with Crippen LogP contribution in [-0.4, -0.2) is 62.1 Å². The Morgan fingerprint density at radius 1 is 1.16 bits per heavy atom. The van der Waals surface area contributed by atoms with Gasteiger partial charge in [0.1, 0.15) is 11.3 Å². The summed E-state index contributed by atoms with van der Waals surface area (Å²) in [5, 5.41) is 15.6. The van der Waals surface area contributed by atoms with Crippen molar-refractivity contribution in [3.05, 3.63) is 87.5 Å². The molecule has 2 N–H and O–H groups in total. The largest absolute Gasteiger partial charge is 0.509 e. The summed E-state index contributed by atoms with van der Waals surface area (Å²) in [4.78, 5) is 47.1. The number of benzene rings is 2. The summed E-state index contributed by atoms with van der Waals surface area (Å²) >= 11 is 5.93. The van der Waals surface area contributed by atoms with E-state index in [1.54, 1.807) is 6.92 Å². The van der Waals surface area contributed by atoms with E-state index in [2.05, 4.69) is 20.0 Å². The van der Waals surface area contributed by atoms with Crippen molar-refractivity contribution in [2.45, 2.75) is 38.0 Å². The molecule has 0 radical (unpaired) electrons. The predicted molar refractivity (Wildman–Crippen MR) is 148 cm³/mol. The van der Waals surface area contributed by atoms with Crippen molar-refractivity contribution in [2.75, 3.05) is 19.0 Å². The smallest absolute Gasteiger partial charge is 0.416 e. The van der Waals surface area contributed by atoms with Crippen molar-refractivity contribution in [1.29, 1.82) is 0 Å². The maximum atomic E-state index is 14.6. The Morgan fingerprint density at radius 2 is 1.89 bits per heavy atom. The number of ether oxygens (including phenoxy) is 1. The number of aliphatic hydroxyl groups excluding tert-OH is 1. The lowest BCUT2D eigenvalue weighted by Gasteiger charge is -2.46. The molecule has 3 aromatic rings. The molecule has 0 spiro atoms. The van der Waals surface area contributed by atoms with Crippen LogP contribution in [0.15, 0.2) is 53.8 Å². The number of nitrogens with zero attached hydrogens (tertiary/aromatic N) is 4. The van der Waals surface area contributed by atoms with Crippen LogP contribution < -0.4 is 5.32 Å². The Kier molecular flexibility index (Phi) is 8.27. The number of esters is 1. The number of fused-ring (bicyclic) bond motifs is 1. The molecule has 0 saturated carbocycles. The normalized spacial score (nSPS) is 18.7. The molecule has 16 heteroatoms. The quantitative estimate of drug-likeness (QED) is 0.156. The number of hydrogen-bond acceptors (Lipinski definition) is 8. The van der Waals surface area contributed by atoms with Crippen LogP contribution in [0.5, 0.6) is 0 Å². The van der Waals surface area contributed by atoms with Crippen LogP contribution in [0.1, 0.15) is 41.4 Å². The number of nitrogens with one attached hydrogen (secondary N) is 1. The zero-order valence-electron chi connectivity index (χ0n) is 23.5. The van der Waals surface area contributed by atoms with Gasteiger partial charge in [0.25, 0.3) is 11.8 Å². The number of carbonyl (C=O) groups excluding carboxylic acids is 3. The zero-order chi connectivity index (χ0) is 32.8. The fourth-order valence-corrected chi connectivity index (χ4v) is 5.55. The van der Waals surface area contributed by atoms with Gasteiger partial charge in [-0.2, -0.15) is 13.2 Å². The van der Waals surface area contributed by atoms with Gasteiger partial charge >= 0.3 is 12.1 Å². The monoisotopic (exact) mass is 651 g/mol. The molecule has 0 unspecified atom stereocenters. The molecule has 0 bridgehead atoms. The van der Waals surface area contributed by atoms with E-state index in [9.17, 15) is 41.4 Å². The van der Waals surface area contributed by atoms with E-state index < -0.39 is 69.9 Å². The van der Waals surface area contributed by atoms with Crippen LogP contribution in [0.2, 0.25) is 5.28 Å². The van der Waals surface area contributed by atoms with E-state index in [-0.39, 0.29) is 41.2 Å². The average Bonchev–Trinajstić information content (AvgIpc) is 3.39. The van der Waals surface area contributed by atoms with Gasteiger partial charge in [0.05, 0.1) is 36.1 Å². The number of rotatable bonds is 6. The number of hydrazine groups is 1. The van der Waals surface area contributed by atoms with Crippen molar-refractivity contribution in [2.24, 2.45) is 0 Å². The second kappa shape index (κ2) is 11.7. The van der Waals surface area contributed by atoms with Crippen molar-refractivity contribution in [3.63, 3.8) is 0 Å². The summed E-state index contributed by atoms with van der Waals surface area (Å²) in [6.07, 6.45) is -4.07. The Balaban J connectivity index is 1.58. The van der Waals surface area contributed by atoms with Crippen molar-refractivity contribution >= 4 is 35.1 Å². The van der Waals surface area contributed by atoms with Gasteiger partial charge in [0.15, 0.2) is 17.3 Å². The molecule has 1 aromatic heterocycles. The lowest BCUT2D eigenvalue weighted by molar-refractivity contribution is -0.160. The third kappa shape index (κ3) is 5.80. The first kappa shape index (κ1) is 31.8. The number of alkyl halides is 3. The number of hydrogen-bond donors (Lipinski definition) is 2. The molecule has 3 heterocycles. The van der Waals surface area contributed by atoms with E-state index in [1.807, 2.05) is 0 Å². The number of aromatic nitrogens is 2. The van der Waals surface area contributed by atoms with Crippen LogP contribution in [-0.2, 0) is 27.0 Å². The molecule has 1 atom stereocenters. The molecule has 2 aromatic carbocycles. The summed E-state index contributed by atoms with van der Waals surface area (Å²) in [6, 6.07) is 6.63. The van der Waals surface area contributed by atoms with Crippen LogP contribution >= 0.6 is 11.6 Å². The molecule has 2 amide bonds. The second-order valence-electron chi connectivity index (χ2n) is 10.4. The Hall–Kier alpha value is -4.63. The molecular weight excluding hydrogens is 629 g/mol. The van der Waals surface area contributed by atoms with E-state index in [1.165, 1.54) is 17.1 Å². The fourth-order valence-electron chi connectivity index (χ4n) is 5.37. The number of carbonyl (C=O) groups is 3. The van der Waals surface area contributed by atoms with Gasteiger partial charge in [-0.25, -0.2) is 28.6 Å². The molecule has 2 aliphatic rings. The first-order valence-electron chi connectivity index (χ1n) is 13.3. The van der Waals surface area contributed by atoms with Crippen molar-refractivity contribution in [1.82, 2.24) is 20.0 Å². The summed E-state index contributed by atoms with van der Waals surface area (Å²) in [5.74, 6) is -6.17. The first-order valence-corrected chi connectivity index (χ1v) is 13.7. The van der Waals surface area contributed by atoms with Gasteiger partial charge in [-0.1, -0.05) is 12.1 Å². The molecule has 45 heavy (non-hydrogen) atoms. The Labute approximate surface area is 257 Å². The molecule has 10 nitrogen and oxygen atoms in total. The maximum absolute atomic E-state index is 14.6. The third-order valence-electron chi connectivity index (χ3n) is 7.63. The molecule has 236 valence electrons. The first-order chi connectivity index (χ1) is 21.1. The zero-order valence-corrected chi connectivity index (χ0v) is 24.3. The minimum absolute atomic E-state index is 0.189. The van der Waals surface area contributed by atoms with E-state index >= 15 is 0 Å². The van der Waals surface area contributed by atoms with Crippen molar-refractivity contribution < 1.29 is 46.2 Å². The third-order valence-corrected chi connectivity index (χ3v) is 7.80. The second-order valence-corrected chi connectivity index (χ2v) is 10.7. The number of methoxy groups -OCH3 is 1. The maximum Gasteiger partial charge on any atom is 0.416 e. The lowest BCUT2D eigenvalue weighted by Crippen LogP contribution is -2.60. The highest BCUT2D eigenvalue weighted by Gasteiger charge is 2.52. The number of amides is 2. The Bertz CT molecular complexity index is 1770. The molecule has 1 saturated heterocycles. The summed E-state index contributed by atoms with van der Waals surface area (Å²) in [5.41, 5.74) is -4.72. The highest BCUT2D eigenvalue weighted by molar-refractivity contribution is 6.28. The molecular formula is C29H23ClF5N5O5. The van der Waals surface area contributed by atoms with Crippen molar-refractivity contribution in [3.8, 4) is 11.3 Å². The number of aliphatic hydroxyl groups is 1. The molecule has 1 fully saturated rings. The van der Waals surface area contributed by atoms with Gasteiger partial charge in [-0.15, -0.1) is 0 Å². The number of halogens is 6. The van der Waals surface area contributed by atoms with Crippen LogP contribution in [0.4, 0.5) is 27.6 Å². The predicted octanol–water partition coefficient (Wildman–Crippen LogP) is 5.44. The van der Waals surface area contributed by atoms with E-state index in [0.717, 1.165) is 30.3 Å². The topological polar surface area (TPSA) is 125 Å². The van der Waals surface area contributed by atoms with Gasteiger partial charge in [0, 0.05) is 17.7 Å². The lowest BCUT2D eigenvalue weighted by atomic mass is 9.90. The molecule has 5 rings (SSSR count). The van der Waals surface area contributed by atoms with Crippen LogP contribution in [0.25, 0.3) is 11.3 Å². The highest BCUT2D eigenvalue weighted by Crippen LogP contribution is 2.42. The van der Waals surface area contributed by atoms with Gasteiger partial charge in [0.2, 0.25) is 5.28 Å². The minimum atomic E-state index is -4.83. The van der Waals surface area contributed by atoms with Crippen LogP contribution in [0.3, 0.4) is 0 Å². The summed E-state index contributed by atoms with van der Waals surface area (Å²) < 4.78 is 74.2. The van der Waals surface area contributed by atoms with Gasteiger partial charge < -0.3 is 15.2 Å². The highest BCUT2D eigenvalue weighted by atomic mass is 35.5. The van der Waals surface area contributed by atoms with Gasteiger partial charge in [-0.05, 0) is 61.7 Å². The summed E-state index contributed by atoms with van der Waals surface area (Å²) in [6.45, 7) is 1.33. The minimum Gasteiger partial charge on any atom is -0.509 e. The molecule has 2 aliphatic heterocycles. The van der Waals surface area contributed by atoms with Crippen LogP contribution in [0, 0.1) is 11.6 Å². The average molecular weight is 652 g/mol. The molecule has 0 aliphatic carbocycles. The van der Waals surface area contributed by atoms with E-state index in [0.29, 0.717) is 18.6 Å². The fraction of sp³-hybridized carbons (Fsp3) is 0.276.